The molecule has 0 aliphatic carbocycles. The van der Waals surface area contributed by atoms with Gasteiger partial charge in [-0.2, -0.15) is 0 Å². The van der Waals surface area contributed by atoms with Crippen molar-refractivity contribution in [3.63, 3.8) is 0 Å². The molecule has 0 saturated carbocycles. The third-order valence-corrected chi connectivity index (χ3v) is 4.67. The molecule has 1 saturated heterocycles. The quantitative estimate of drug-likeness (QED) is 0.648. The highest BCUT2D eigenvalue weighted by atomic mass is 16.5. The van der Waals surface area contributed by atoms with Crippen molar-refractivity contribution in [2.45, 2.75) is 25.8 Å². The molecule has 9 nitrogen and oxygen atoms in total. The smallest absolute Gasteiger partial charge is 0.319 e. The number of carbonyl (C=O) groups excluding carboxylic acids is 3. The summed E-state index contributed by atoms with van der Waals surface area (Å²) in [5.41, 5.74) is 1.40. The molecule has 3 rings (SSSR count). The van der Waals surface area contributed by atoms with Gasteiger partial charge in [0.05, 0.1) is 18.4 Å². The molecule has 1 unspecified atom stereocenters. The van der Waals surface area contributed by atoms with Crippen molar-refractivity contribution < 1.29 is 19.1 Å². The number of hydrogen-bond donors (Lipinski definition) is 3. The Morgan fingerprint density at radius 1 is 1.27 bits per heavy atom. The number of hydrogen-bond acceptors (Lipinski definition) is 5. The van der Waals surface area contributed by atoms with Gasteiger partial charge in [-0.25, -0.2) is 4.79 Å². The molecule has 4 amide bonds. The average molecular weight is 411 g/mol. The molecular weight excluding hydrogens is 386 g/mol. The fourth-order valence-electron chi connectivity index (χ4n) is 3.23. The summed E-state index contributed by atoms with van der Waals surface area (Å²) in [6, 6.07) is 7.69. The van der Waals surface area contributed by atoms with E-state index >= 15 is 0 Å². The third-order valence-electron chi connectivity index (χ3n) is 4.67. The molecule has 3 N–H and O–H groups in total. The molecular formula is C21H25N5O4. The highest BCUT2D eigenvalue weighted by Gasteiger charge is 2.22. The van der Waals surface area contributed by atoms with Crippen LogP contribution in [0.2, 0.25) is 0 Å². The van der Waals surface area contributed by atoms with E-state index in [1.165, 1.54) is 13.3 Å². The third kappa shape index (κ3) is 5.47. The van der Waals surface area contributed by atoms with Crippen molar-refractivity contribution in [3.8, 4) is 5.75 Å². The van der Waals surface area contributed by atoms with E-state index in [4.69, 9.17) is 4.74 Å². The van der Waals surface area contributed by atoms with Gasteiger partial charge in [-0.1, -0.05) is 0 Å². The van der Waals surface area contributed by atoms with Crippen LogP contribution in [0.1, 0.15) is 30.1 Å². The Kier molecular flexibility index (Phi) is 6.84. The lowest BCUT2D eigenvalue weighted by Gasteiger charge is -2.22. The van der Waals surface area contributed by atoms with Gasteiger partial charge in [-0.15, -0.1) is 0 Å². The first-order valence-corrected chi connectivity index (χ1v) is 9.71. The van der Waals surface area contributed by atoms with Gasteiger partial charge in [-0.05, 0) is 37.6 Å². The highest BCUT2D eigenvalue weighted by molar-refractivity contribution is 6.05. The van der Waals surface area contributed by atoms with Crippen molar-refractivity contribution in [2.75, 3.05) is 30.8 Å². The molecule has 1 aliphatic rings. The Bertz CT molecular complexity index is 919. The molecule has 30 heavy (non-hydrogen) atoms. The normalized spacial score (nSPS) is 14.2. The fraction of sp³-hybridized carbons (Fsp3) is 0.333. The first-order chi connectivity index (χ1) is 14.5. The number of ether oxygens (including phenoxy) is 1. The summed E-state index contributed by atoms with van der Waals surface area (Å²) in [6.45, 7) is 3.06. The molecule has 0 spiro atoms. The number of nitrogens with zero attached hydrogens (tertiary/aromatic N) is 2. The van der Waals surface area contributed by atoms with Gasteiger partial charge in [-0.3, -0.25) is 14.6 Å². The van der Waals surface area contributed by atoms with Crippen LogP contribution in [0.3, 0.4) is 0 Å². The standard InChI is InChI=1S/C21H25N5O4/c1-14(13-26-10-4-6-19(26)27)23-21(29)24-16-7-8-17(18(11-16)30-2)25-20(28)15-5-3-9-22-12-15/h3,5,7-9,11-12,14H,4,6,10,13H2,1-2H3,(H,25,28)(H2,23,24,29). The Balaban J connectivity index is 1.58. The Morgan fingerprint density at radius 2 is 2.10 bits per heavy atom. The largest absolute Gasteiger partial charge is 0.494 e. The number of methoxy groups -OCH3 is 1. The SMILES string of the molecule is COc1cc(NC(=O)NC(C)CN2CCCC2=O)ccc1NC(=O)c1cccnc1. The number of nitrogens with one attached hydrogen (secondary N) is 3. The molecule has 0 radical (unpaired) electrons. The van der Waals surface area contributed by atoms with Gasteiger partial charge in [0.2, 0.25) is 5.91 Å². The minimum absolute atomic E-state index is 0.123. The summed E-state index contributed by atoms with van der Waals surface area (Å²) in [5, 5.41) is 8.33. The molecule has 1 atom stereocenters. The number of urea groups is 1. The van der Waals surface area contributed by atoms with Crippen LogP contribution >= 0.6 is 0 Å². The van der Waals surface area contributed by atoms with Crippen LogP contribution in [0.25, 0.3) is 0 Å². The number of carbonyl (C=O) groups is 3. The molecule has 1 aromatic carbocycles. The van der Waals surface area contributed by atoms with Crippen LogP contribution < -0.4 is 20.7 Å². The molecule has 1 aliphatic heterocycles. The lowest BCUT2D eigenvalue weighted by Crippen LogP contribution is -2.44. The molecule has 2 heterocycles. The Hall–Kier alpha value is -3.62. The van der Waals surface area contributed by atoms with Crippen LogP contribution in [0.15, 0.2) is 42.7 Å². The van der Waals surface area contributed by atoms with E-state index < -0.39 is 0 Å². The first-order valence-electron chi connectivity index (χ1n) is 9.71. The van der Waals surface area contributed by atoms with E-state index in [1.54, 1.807) is 41.4 Å². The maximum Gasteiger partial charge on any atom is 0.319 e. The highest BCUT2D eigenvalue weighted by Crippen LogP contribution is 2.28. The van der Waals surface area contributed by atoms with Gasteiger partial charge in [0.25, 0.3) is 5.91 Å². The maximum absolute atomic E-state index is 12.3. The second-order valence-corrected chi connectivity index (χ2v) is 7.05. The summed E-state index contributed by atoms with van der Waals surface area (Å²) < 4.78 is 5.34. The molecule has 1 aromatic heterocycles. The summed E-state index contributed by atoms with van der Waals surface area (Å²) in [4.78, 5) is 42.0. The van der Waals surface area contributed by atoms with Crippen molar-refractivity contribution in [3.05, 3.63) is 48.3 Å². The summed E-state index contributed by atoms with van der Waals surface area (Å²) >= 11 is 0. The predicted octanol–water partition coefficient (Wildman–Crippen LogP) is 2.47. The van der Waals surface area contributed by atoms with E-state index in [9.17, 15) is 14.4 Å². The molecule has 9 heteroatoms. The number of aromatic nitrogens is 1. The van der Waals surface area contributed by atoms with E-state index in [0.29, 0.717) is 35.7 Å². The van der Waals surface area contributed by atoms with Crippen LogP contribution in [0.5, 0.6) is 5.75 Å². The fourth-order valence-corrected chi connectivity index (χ4v) is 3.23. The number of likely N-dealkylation sites (tertiary alicyclic amines) is 1. The van der Waals surface area contributed by atoms with E-state index in [1.807, 2.05) is 6.92 Å². The number of amides is 4. The molecule has 0 bridgehead atoms. The number of benzene rings is 1. The zero-order valence-electron chi connectivity index (χ0n) is 17.0. The topological polar surface area (TPSA) is 113 Å². The maximum atomic E-state index is 12.3. The lowest BCUT2D eigenvalue weighted by atomic mass is 10.2. The van der Waals surface area contributed by atoms with E-state index in [0.717, 1.165) is 13.0 Å². The van der Waals surface area contributed by atoms with Crippen LogP contribution in [-0.4, -0.2) is 54.0 Å². The monoisotopic (exact) mass is 411 g/mol. The second-order valence-electron chi connectivity index (χ2n) is 7.05. The number of rotatable bonds is 7. The molecule has 158 valence electrons. The van der Waals surface area contributed by atoms with Crippen LogP contribution in [0.4, 0.5) is 16.2 Å². The van der Waals surface area contributed by atoms with Crippen LogP contribution in [0, 0.1) is 0 Å². The van der Waals surface area contributed by atoms with Crippen molar-refractivity contribution in [1.29, 1.82) is 0 Å². The van der Waals surface area contributed by atoms with Crippen molar-refractivity contribution in [2.24, 2.45) is 0 Å². The van der Waals surface area contributed by atoms with E-state index in [2.05, 4.69) is 20.9 Å². The second kappa shape index (κ2) is 9.73. The van der Waals surface area contributed by atoms with Gasteiger partial charge in [0.1, 0.15) is 5.75 Å². The summed E-state index contributed by atoms with van der Waals surface area (Å²) in [6.07, 6.45) is 4.50. The summed E-state index contributed by atoms with van der Waals surface area (Å²) in [7, 11) is 1.48. The van der Waals surface area contributed by atoms with Gasteiger partial charge in [0.15, 0.2) is 0 Å². The van der Waals surface area contributed by atoms with Crippen molar-refractivity contribution in [1.82, 2.24) is 15.2 Å². The first kappa shape index (κ1) is 21.1. The lowest BCUT2D eigenvalue weighted by molar-refractivity contribution is -0.127. The minimum atomic E-state index is -0.386. The van der Waals surface area contributed by atoms with Crippen LogP contribution in [-0.2, 0) is 4.79 Å². The number of anilines is 2. The van der Waals surface area contributed by atoms with E-state index in [-0.39, 0.29) is 23.9 Å². The van der Waals surface area contributed by atoms with Gasteiger partial charge in [0, 0.05) is 49.7 Å². The minimum Gasteiger partial charge on any atom is -0.494 e. The average Bonchev–Trinajstić information content (AvgIpc) is 3.13. The summed E-state index contributed by atoms with van der Waals surface area (Å²) in [5.74, 6) is 0.212. The van der Waals surface area contributed by atoms with Gasteiger partial charge < -0.3 is 25.6 Å². The Labute approximate surface area is 174 Å². The van der Waals surface area contributed by atoms with Crippen molar-refractivity contribution >= 4 is 29.2 Å². The number of pyridine rings is 1. The predicted molar refractivity (Wildman–Crippen MR) is 113 cm³/mol. The molecule has 2 aromatic rings. The molecule has 1 fully saturated rings. The Morgan fingerprint density at radius 3 is 2.77 bits per heavy atom. The van der Waals surface area contributed by atoms with Gasteiger partial charge >= 0.3 is 6.03 Å². The zero-order chi connectivity index (χ0) is 21.5. The zero-order valence-corrected chi connectivity index (χ0v) is 17.0.